The third-order valence-corrected chi connectivity index (χ3v) is 2.09. The molecule has 0 aliphatic carbocycles. The molecule has 0 spiro atoms. The van der Waals surface area contributed by atoms with Gasteiger partial charge in [0.1, 0.15) is 0 Å². The maximum Gasteiger partial charge on any atom is -0.00258 e. The van der Waals surface area contributed by atoms with E-state index < -0.39 is 0 Å². The number of thioether (sulfide) groups is 2. The van der Waals surface area contributed by atoms with E-state index >= 15 is 0 Å². The topological polar surface area (TPSA) is 0 Å². The van der Waals surface area contributed by atoms with Crippen molar-refractivity contribution in [3.63, 3.8) is 0 Å². The minimum Gasteiger partial charge on any atom is -0.169 e. The smallest absolute Gasteiger partial charge is 0.00258 e. The standard InChI is InChI=1S/C13H12.2C2H6S/c1-3-7-12(8-4-1)11-13-9-5-2-6-10-13;2*1-3-2/h1-10H,11H2;2*1-2H3. The zero-order valence-electron chi connectivity index (χ0n) is 12.3. The summed E-state index contributed by atoms with van der Waals surface area (Å²) in [6.07, 6.45) is 9.20. The average Bonchev–Trinajstić information content (AvgIpc) is 2.43. The Labute approximate surface area is 127 Å². The van der Waals surface area contributed by atoms with Crippen LogP contribution < -0.4 is 0 Å². The molecule has 0 aromatic heterocycles. The van der Waals surface area contributed by atoms with E-state index in [1.807, 2.05) is 25.0 Å². The van der Waals surface area contributed by atoms with Crippen LogP contribution in [-0.4, -0.2) is 25.0 Å². The lowest BCUT2D eigenvalue weighted by Gasteiger charge is -2.00. The summed E-state index contributed by atoms with van der Waals surface area (Å²) in [6, 6.07) is 21.1. The second-order valence-corrected chi connectivity index (χ2v) is 5.60. The molecular weight excluding hydrogens is 268 g/mol. The summed E-state index contributed by atoms with van der Waals surface area (Å²) >= 11 is 3.50. The predicted octanol–water partition coefficient (Wildman–Crippen LogP) is 5.24. The highest BCUT2D eigenvalue weighted by Gasteiger charge is 1.92. The molecule has 0 radical (unpaired) electrons. The lowest BCUT2D eigenvalue weighted by Crippen LogP contribution is -1.85. The fourth-order valence-electron chi connectivity index (χ4n) is 1.43. The molecule has 2 rings (SSSR count). The number of rotatable bonds is 2. The second-order valence-electron chi connectivity index (χ2n) is 3.96. The highest BCUT2D eigenvalue weighted by molar-refractivity contribution is 7.98. The molecule has 0 atom stereocenters. The molecule has 2 heteroatoms. The van der Waals surface area contributed by atoms with Gasteiger partial charge in [-0.25, -0.2) is 0 Å². The van der Waals surface area contributed by atoms with E-state index in [1.165, 1.54) is 11.1 Å². The van der Waals surface area contributed by atoms with Crippen molar-refractivity contribution in [3.05, 3.63) is 71.8 Å². The van der Waals surface area contributed by atoms with Gasteiger partial charge in [-0.1, -0.05) is 60.7 Å². The van der Waals surface area contributed by atoms with Crippen LogP contribution in [0.3, 0.4) is 0 Å². The van der Waals surface area contributed by atoms with Gasteiger partial charge in [0, 0.05) is 0 Å². The van der Waals surface area contributed by atoms with E-state index in [0.717, 1.165) is 6.42 Å². The zero-order valence-corrected chi connectivity index (χ0v) is 13.9. The molecule has 19 heavy (non-hydrogen) atoms. The largest absolute Gasteiger partial charge is 0.169 e. The second kappa shape index (κ2) is 13.6. The SMILES string of the molecule is CSC.CSC.c1ccc(Cc2ccccc2)cc1. The molecule has 2 aromatic rings. The molecule has 0 nitrogen and oxygen atoms in total. The molecule has 0 bridgehead atoms. The van der Waals surface area contributed by atoms with Crippen LogP contribution >= 0.6 is 23.5 Å². The lowest BCUT2D eigenvalue weighted by atomic mass is 10.1. The maximum absolute atomic E-state index is 2.16. The average molecular weight is 293 g/mol. The molecule has 2 aromatic carbocycles. The lowest BCUT2D eigenvalue weighted by molar-refractivity contribution is 1.19. The fourth-order valence-corrected chi connectivity index (χ4v) is 1.43. The van der Waals surface area contributed by atoms with Gasteiger partial charge in [-0.15, -0.1) is 0 Å². The first-order valence-corrected chi connectivity index (χ1v) is 9.43. The van der Waals surface area contributed by atoms with Gasteiger partial charge in [-0.05, 0) is 42.6 Å². The zero-order chi connectivity index (χ0) is 14.3. The Morgan fingerprint density at radius 1 is 0.579 bits per heavy atom. The van der Waals surface area contributed by atoms with Crippen LogP contribution in [0.25, 0.3) is 0 Å². The summed E-state index contributed by atoms with van der Waals surface area (Å²) < 4.78 is 0. The number of benzene rings is 2. The van der Waals surface area contributed by atoms with Crippen LogP contribution in [0.15, 0.2) is 60.7 Å². The van der Waals surface area contributed by atoms with Crippen molar-refractivity contribution in [3.8, 4) is 0 Å². The number of hydrogen-bond acceptors (Lipinski definition) is 2. The van der Waals surface area contributed by atoms with Crippen LogP contribution in [0.2, 0.25) is 0 Å². The summed E-state index contributed by atoms with van der Waals surface area (Å²) in [6.45, 7) is 0. The molecule has 0 aliphatic rings. The van der Waals surface area contributed by atoms with Crippen LogP contribution in [0.5, 0.6) is 0 Å². The third kappa shape index (κ3) is 10.7. The van der Waals surface area contributed by atoms with Crippen molar-refractivity contribution in [2.24, 2.45) is 0 Å². The van der Waals surface area contributed by atoms with Crippen molar-refractivity contribution in [1.82, 2.24) is 0 Å². The monoisotopic (exact) mass is 292 g/mol. The summed E-state index contributed by atoms with van der Waals surface area (Å²) in [5, 5.41) is 0. The fraction of sp³-hybridized carbons (Fsp3) is 0.294. The molecule has 0 amide bonds. The Balaban J connectivity index is 0.000000465. The Morgan fingerprint density at radius 3 is 1.11 bits per heavy atom. The van der Waals surface area contributed by atoms with E-state index in [1.54, 1.807) is 23.5 Å². The highest BCUT2D eigenvalue weighted by atomic mass is 32.2. The van der Waals surface area contributed by atoms with Gasteiger partial charge in [0.25, 0.3) is 0 Å². The van der Waals surface area contributed by atoms with E-state index in [0.29, 0.717) is 0 Å². The van der Waals surface area contributed by atoms with Crippen LogP contribution in [-0.2, 0) is 6.42 Å². The van der Waals surface area contributed by atoms with Gasteiger partial charge in [0.05, 0.1) is 0 Å². The van der Waals surface area contributed by atoms with Gasteiger partial charge in [0.2, 0.25) is 0 Å². The summed E-state index contributed by atoms with van der Waals surface area (Å²) in [5.74, 6) is 0. The minimum absolute atomic E-state index is 1.03. The van der Waals surface area contributed by atoms with Crippen molar-refractivity contribution >= 4 is 23.5 Å². The van der Waals surface area contributed by atoms with Crippen molar-refractivity contribution in [1.29, 1.82) is 0 Å². The first-order valence-electron chi connectivity index (χ1n) is 6.16. The molecule has 0 unspecified atom stereocenters. The molecule has 0 saturated carbocycles. The maximum atomic E-state index is 2.16. The Morgan fingerprint density at radius 2 is 0.842 bits per heavy atom. The Bertz CT molecular complexity index is 345. The molecular formula is C17H24S2. The van der Waals surface area contributed by atoms with Gasteiger partial charge in [0.15, 0.2) is 0 Å². The number of hydrogen-bond donors (Lipinski definition) is 0. The van der Waals surface area contributed by atoms with E-state index in [-0.39, 0.29) is 0 Å². The van der Waals surface area contributed by atoms with E-state index in [9.17, 15) is 0 Å². The molecule has 0 heterocycles. The summed E-state index contributed by atoms with van der Waals surface area (Å²) in [4.78, 5) is 0. The highest BCUT2D eigenvalue weighted by Crippen LogP contribution is 2.07. The van der Waals surface area contributed by atoms with E-state index in [2.05, 4.69) is 60.7 Å². The predicted molar refractivity (Wildman–Crippen MR) is 94.6 cm³/mol. The minimum atomic E-state index is 1.03. The molecule has 0 N–H and O–H groups in total. The van der Waals surface area contributed by atoms with Gasteiger partial charge < -0.3 is 0 Å². The Kier molecular flexibility index (Phi) is 13.0. The summed E-state index contributed by atoms with van der Waals surface area (Å²) in [5.41, 5.74) is 2.74. The Hall–Kier alpha value is -0.860. The van der Waals surface area contributed by atoms with Gasteiger partial charge in [-0.3, -0.25) is 0 Å². The molecule has 0 aliphatic heterocycles. The quantitative estimate of drug-likeness (QED) is 0.743. The van der Waals surface area contributed by atoms with Crippen molar-refractivity contribution in [2.75, 3.05) is 25.0 Å². The van der Waals surface area contributed by atoms with E-state index in [4.69, 9.17) is 0 Å². The van der Waals surface area contributed by atoms with Crippen LogP contribution in [0.4, 0.5) is 0 Å². The van der Waals surface area contributed by atoms with Crippen LogP contribution in [0.1, 0.15) is 11.1 Å². The normalized spacial score (nSPS) is 8.63. The molecule has 104 valence electrons. The first kappa shape index (κ1) is 18.1. The molecule has 0 saturated heterocycles. The first-order chi connectivity index (χ1) is 9.28. The summed E-state index contributed by atoms with van der Waals surface area (Å²) in [7, 11) is 0. The van der Waals surface area contributed by atoms with Crippen molar-refractivity contribution in [2.45, 2.75) is 6.42 Å². The third-order valence-electron chi connectivity index (χ3n) is 2.09. The van der Waals surface area contributed by atoms with Crippen LogP contribution in [0, 0.1) is 0 Å². The van der Waals surface area contributed by atoms with Crippen molar-refractivity contribution < 1.29 is 0 Å². The molecule has 0 fully saturated rings. The van der Waals surface area contributed by atoms with Gasteiger partial charge in [-0.2, -0.15) is 23.5 Å². The van der Waals surface area contributed by atoms with Gasteiger partial charge >= 0.3 is 0 Å².